The highest BCUT2D eigenvalue weighted by Gasteiger charge is 2.28. The van der Waals surface area contributed by atoms with Gasteiger partial charge in [-0.1, -0.05) is 49.4 Å². The summed E-state index contributed by atoms with van der Waals surface area (Å²) in [6, 6.07) is 18.0. The molecule has 1 unspecified atom stereocenters. The molecule has 0 heterocycles. The van der Waals surface area contributed by atoms with E-state index in [0.29, 0.717) is 6.42 Å². The molecule has 2 rings (SSSR count). The first kappa shape index (κ1) is 13.2. The van der Waals surface area contributed by atoms with Crippen LogP contribution in [0.1, 0.15) is 24.5 Å². The zero-order valence-corrected chi connectivity index (χ0v) is 11.6. The second-order valence-electron chi connectivity index (χ2n) is 4.31. The summed E-state index contributed by atoms with van der Waals surface area (Å²) < 4.78 is 0. The summed E-state index contributed by atoms with van der Waals surface area (Å²) in [7, 11) is 0. The maximum Gasteiger partial charge on any atom is 0.114 e. The average Bonchev–Trinajstić information content (AvgIpc) is 2.47. The molecular formula is C16H18OS. The largest absolute Gasteiger partial charge is 0.380 e. The van der Waals surface area contributed by atoms with Gasteiger partial charge < -0.3 is 5.11 Å². The van der Waals surface area contributed by atoms with Crippen LogP contribution in [0.25, 0.3) is 0 Å². The van der Waals surface area contributed by atoms with E-state index < -0.39 is 5.60 Å². The van der Waals surface area contributed by atoms with Gasteiger partial charge in [-0.25, -0.2) is 0 Å². The van der Waals surface area contributed by atoms with Crippen molar-refractivity contribution in [3.05, 3.63) is 65.7 Å². The zero-order valence-electron chi connectivity index (χ0n) is 10.8. The molecule has 2 aromatic rings. The van der Waals surface area contributed by atoms with Gasteiger partial charge in [0.1, 0.15) is 5.60 Å². The first-order valence-corrected chi connectivity index (χ1v) is 7.35. The maximum absolute atomic E-state index is 10.9. The van der Waals surface area contributed by atoms with Gasteiger partial charge in [0.15, 0.2) is 0 Å². The van der Waals surface area contributed by atoms with Gasteiger partial charge >= 0.3 is 0 Å². The summed E-state index contributed by atoms with van der Waals surface area (Å²) >= 11 is 1.71. The van der Waals surface area contributed by atoms with Crippen molar-refractivity contribution in [2.45, 2.75) is 23.8 Å². The fourth-order valence-electron chi connectivity index (χ4n) is 2.16. The van der Waals surface area contributed by atoms with Crippen molar-refractivity contribution >= 4 is 11.8 Å². The summed E-state index contributed by atoms with van der Waals surface area (Å²) in [5.74, 6) is 0. The van der Waals surface area contributed by atoms with Crippen molar-refractivity contribution in [3.63, 3.8) is 0 Å². The maximum atomic E-state index is 10.9. The minimum Gasteiger partial charge on any atom is -0.380 e. The van der Waals surface area contributed by atoms with E-state index >= 15 is 0 Å². The van der Waals surface area contributed by atoms with Crippen LogP contribution in [0.2, 0.25) is 0 Å². The number of thioether (sulfide) groups is 1. The van der Waals surface area contributed by atoms with Crippen LogP contribution in [-0.2, 0) is 5.60 Å². The predicted molar refractivity (Wildman–Crippen MR) is 78.0 cm³/mol. The van der Waals surface area contributed by atoms with Crippen LogP contribution in [0.3, 0.4) is 0 Å². The van der Waals surface area contributed by atoms with Crippen LogP contribution >= 0.6 is 11.8 Å². The Kier molecular flexibility index (Phi) is 4.10. The minimum absolute atomic E-state index is 0.662. The van der Waals surface area contributed by atoms with E-state index in [-0.39, 0.29) is 0 Å². The lowest BCUT2D eigenvalue weighted by Gasteiger charge is -2.28. The fourth-order valence-corrected chi connectivity index (χ4v) is 2.56. The second-order valence-corrected chi connectivity index (χ2v) is 5.19. The number of rotatable bonds is 4. The Morgan fingerprint density at radius 2 is 1.50 bits per heavy atom. The highest BCUT2D eigenvalue weighted by molar-refractivity contribution is 7.98. The smallest absolute Gasteiger partial charge is 0.114 e. The molecular weight excluding hydrogens is 240 g/mol. The molecule has 0 saturated carbocycles. The molecule has 0 fully saturated rings. The molecule has 0 saturated heterocycles. The standard InChI is InChI=1S/C16H18OS/c1-3-16(17,13-7-5-4-6-8-13)14-9-11-15(18-2)12-10-14/h4-12,17H,3H2,1-2H3. The van der Waals surface area contributed by atoms with Crippen molar-refractivity contribution in [1.82, 2.24) is 0 Å². The van der Waals surface area contributed by atoms with Crippen LogP contribution in [0, 0.1) is 0 Å². The molecule has 18 heavy (non-hydrogen) atoms. The molecule has 2 heteroatoms. The van der Waals surface area contributed by atoms with Crippen molar-refractivity contribution in [3.8, 4) is 0 Å². The second kappa shape index (κ2) is 5.59. The van der Waals surface area contributed by atoms with E-state index in [0.717, 1.165) is 11.1 Å². The quantitative estimate of drug-likeness (QED) is 0.835. The molecule has 0 aromatic heterocycles. The van der Waals surface area contributed by atoms with Gasteiger partial charge in [0.2, 0.25) is 0 Å². The van der Waals surface area contributed by atoms with E-state index in [4.69, 9.17) is 0 Å². The lowest BCUT2D eigenvalue weighted by molar-refractivity contribution is 0.0765. The van der Waals surface area contributed by atoms with Crippen LogP contribution in [0.4, 0.5) is 0 Å². The SMILES string of the molecule is CCC(O)(c1ccccc1)c1ccc(SC)cc1. The average molecular weight is 258 g/mol. The molecule has 1 nitrogen and oxygen atoms in total. The Morgan fingerprint density at radius 3 is 2.00 bits per heavy atom. The summed E-state index contributed by atoms with van der Waals surface area (Å²) in [5, 5.41) is 10.9. The van der Waals surface area contributed by atoms with E-state index in [1.807, 2.05) is 49.4 Å². The molecule has 0 aliphatic heterocycles. The Morgan fingerprint density at radius 1 is 0.944 bits per heavy atom. The Labute approximate surface area is 113 Å². The zero-order chi connectivity index (χ0) is 13.0. The van der Waals surface area contributed by atoms with Crippen molar-refractivity contribution in [2.24, 2.45) is 0 Å². The topological polar surface area (TPSA) is 20.2 Å². The molecule has 0 aliphatic rings. The van der Waals surface area contributed by atoms with E-state index in [2.05, 4.69) is 18.4 Å². The first-order valence-electron chi connectivity index (χ1n) is 6.13. The Hall–Kier alpha value is -1.25. The third-order valence-corrected chi connectivity index (χ3v) is 4.07. The summed E-state index contributed by atoms with van der Waals surface area (Å²) in [5.41, 5.74) is 1.01. The minimum atomic E-state index is -0.891. The number of hydrogen-bond donors (Lipinski definition) is 1. The van der Waals surface area contributed by atoms with Crippen molar-refractivity contribution in [2.75, 3.05) is 6.26 Å². The van der Waals surface area contributed by atoms with Crippen molar-refractivity contribution < 1.29 is 5.11 Å². The molecule has 0 radical (unpaired) electrons. The van der Waals surface area contributed by atoms with Crippen LogP contribution in [-0.4, -0.2) is 11.4 Å². The van der Waals surface area contributed by atoms with Gasteiger partial charge in [-0.3, -0.25) is 0 Å². The lowest BCUT2D eigenvalue weighted by Crippen LogP contribution is -2.26. The molecule has 94 valence electrons. The molecule has 0 bridgehead atoms. The highest BCUT2D eigenvalue weighted by atomic mass is 32.2. The van der Waals surface area contributed by atoms with Crippen molar-refractivity contribution in [1.29, 1.82) is 0 Å². The molecule has 2 aromatic carbocycles. The normalized spacial score (nSPS) is 14.2. The van der Waals surface area contributed by atoms with Crippen LogP contribution in [0.5, 0.6) is 0 Å². The van der Waals surface area contributed by atoms with E-state index in [1.165, 1.54) is 4.90 Å². The fraction of sp³-hybridized carbons (Fsp3) is 0.250. The van der Waals surface area contributed by atoms with E-state index in [9.17, 15) is 5.11 Å². The monoisotopic (exact) mass is 258 g/mol. The van der Waals surface area contributed by atoms with Gasteiger partial charge in [0, 0.05) is 4.90 Å². The number of hydrogen-bond acceptors (Lipinski definition) is 2. The highest BCUT2D eigenvalue weighted by Crippen LogP contribution is 2.33. The van der Waals surface area contributed by atoms with Crippen LogP contribution in [0.15, 0.2) is 59.5 Å². The third-order valence-electron chi connectivity index (χ3n) is 3.33. The molecule has 1 atom stereocenters. The summed E-state index contributed by atoms with van der Waals surface area (Å²) in [4.78, 5) is 1.21. The Bertz CT molecular complexity index is 492. The molecule has 0 aliphatic carbocycles. The van der Waals surface area contributed by atoms with Gasteiger partial charge in [-0.2, -0.15) is 0 Å². The van der Waals surface area contributed by atoms with Gasteiger partial charge in [-0.05, 0) is 35.9 Å². The molecule has 1 N–H and O–H groups in total. The number of benzene rings is 2. The van der Waals surface area contributed by atoms with Gasteiger partial charge in [0.25, 0.3) is 0 Å². The van der Waals surface area contributed by atoms with Gasteiger partial charge in [-0.15, -0.1) is 11.8 Å². The lowest BCUT2D eigenvalue weighted by atomic mass is 9.84. The summed E-state index contributed by atoms with van der Waals surface area (Å²) in [6.07, 6.45) is 2.72. The first-order chi connectivity index (χ1) is 8.70. The molecule has 0 amide bonds. The van der Waals surface area contributed by atoms with Gasteiger partial charge in [0.05, 0.1) is 0 Å². The predicted octanol–water partition coefficient (Wildman–Crippen LogP) is 4.05. The summed E-state index contributed by atoms with van der Waals surface area (Å²) in [6.45, 7) is 2.01. The molecule has 0 spiro atoms. The third kappa shape index (κ3) is 2.45. The van der Waals surface area contributed by atoms with E-state index in [1.54, 1.807) is 11.8 Å². The van der Waals surface area contributed by atoms with Crippen LogP contribution < -0.4 is 0 Å². The number of aliphatic hydroxyl groups is 1. The Balaban J connectivity index is 2.43.